The lowest BCUT2D eigenvalue weighted by molar-refractivity contribution is 0.299. The summed E-state index contributed by atoms with van der Waals surface area (Å²) in [4.78, 5) is 0. The van der Waals surface area contributed by atoms with Crippen LogP contribution in [-0.4, -0.2) is 15.7 Å². The van der Waals surface area contributed by atoms with Gasteiger partial charge in [0.2, 0.25) is 0 Å². The Kier molecular flexibility index (Phi) is 4.16. The molecule has 0 heterocycles. The lowest BCUT2D eigenvalue weighted by Crippen LogP contribution is -2.42. The summed E-state index contributed by atoms with van der Waals surface area (Å²) in [6, 6.07) is 11.9. The van der Waals surface area contributed by atoms with Gasteiger partial charge in [0.05, 0.1) is 0 Å². The fraction of sp³-hybridized carbons (Fsp3) is 0.455. The Bertz CT molecular complexity index is 249. The minimum absolute atomic E-state index is 0.921. The Morgan fingerprint density at radius 2 is 1.64 bits per heavy atom. The molecule has 0 bridgehead atoms. The Balaban J connectivity index is 2.74. The maximum Gasteiger partial charge on any atom is 0.398 e. The molecule has 0 saturated carbocycles. The highest BCUT2D eigenvalue weighted by molar-refractivity contribution is 6.67. The second-order valence-electron chi connectivity index (χ2n) is 3.24. The van der Waals surface area contributed by atoms with Crippen LogP contribution in [0.15, 0.2) is 30.3 Å². The molecule has 2 nitrogen and oxygen atoms in total. The van der Waals surface area contributed by atoms with Crippen molar-refractivity contribution in [2.45, 2.75) is 25.9 Å². The van der Waals surface area contributed by atoms with Crippen molar-refractivity contribution < 1.29 is 8.85 Å². The van der Waals surface area contributed by atoms with Crippen LogP contribution >= 0.6 is 0 Å². The van der Waals surface area contributed by atoms with Crippen LogP contribution in [0.25, 0.3) is 0 Å². The van der Waals surface area contributed by atoms with Crippen LogP contribution in [-0.2, 0) is 4.43 Å². The summed E-state index contributed by atoms with van der Waals surface area (Å²) in [5.41, 5.74) is 0. The molecule has 0 fully saturated rings. The average Bonchev–Trinajstić information content (AvgIpc) is 2.28. The summed E-state index contributed by atoms with van der Waals surface area (Å²) in [5, 5.41) is 0. The van der Waals surface area contributed by atoms with Gasteiger partial charge in [-0.25, -0.2) is 0 Å². The number of hydrogen-bond acceptors (Lipinski definition) is 2. The zero-order valence-corrected chi connectivity index (χ0v) is 10.1. The maximum atomic E-state index is 5.97. The summed E-state index contributed by atoms with van der Waals surface area (Å²) >= 11 is 0. The summed E-state index contributed by atoms with van der Waals surface area (Å²) in [7, 11) is -0.206. The molecule has 0 N–H and O–H groups in total. The summed E-state index contributed by atoms with van der Waals surface area (Å²) in [5.74, 6) is 0.921. The lowest BCUT2D eigenvalue weighted by Gasteiger charge is -2.27. The standard InChI is InChI=1S/C11H18O2Si/c1-4-14(5-2,12-3)13-11-9-7-6-8-10-11/h6-10H,4-5H2,1-3H3. The Morgan fingerprint density at radius 1 is 1.07 bits per heavy atom. The summed E-state index contributed by atoms with van der Waals surface area (Å²) < 4.78 is 11.5. The molecule has 0 aliphatic carbocycles. The third-order valence-corrected chi connectivity index (χ3v) is 6.00. The molecule has 0 amide bonds. The van der Waals surface area contributed by atoms with E-state index in [1.165, 1.54) is 0 Å². The Hall–Kier alpha value is -0.803. The first-order chi connectivity index (χ1) is 6.76. The van der Waals surface area contributed by atoms with Gasteiger partial charge in [-0.2, -0.15) is 0 Å². The fourth-order valence-corrected chi connectivity index (χ4v) is 3.44. The molecule has 1 aromatic rings. The normalized spacial score (nSPS) is 11.4. The molecule has 0 spiro atoms. The smallest absolute Gasteiger partial charge is 0.398 e. The first kappa shape index (κ1) is 11.3. The van der Waals surface area contributed by atoms with Gasteiger partial charge >= 0.3 is 8.56 Å². The number of rotatable bonds is 5. The minimum atomic E-state index is -1.96. The molecule has 1 aromatic carbocycles. The van der Waals surface area contributed by atoms with Crippen LogP contribution in [0.4, 0.5) is 0 Å². The van der Waals surface area contributed by atoms with E-state index in [1.54, 1.807) is 7.11 Å². The van der Waals surface area contributed by atoms with Gasteiger partial charge in [-0.3, -0.25) is 0 Å². The average molecular weight is 210 g/mol. The highest BCUT2D eigenvalue weighted by Gasteiger charge is 2.34. The van der Waals surface area contributed by atoms with Gasteiger partial charge in [0.25, 0.3) is 0 Å². The van der Waals surface area contributed by atoms with Crippen molar-refractivity contribution in [1.82, 2.24) is 0 Å². The molecule has 3 heteroatoms. The molecular formula is C11H18O2Si. The van der Waals surface area contributed by atoms with Crippen LogP contribution < -0.4 is 4.43 Å². The molecule has 0 saturated heterocycles. The van der Waals surface area contributed by atoms with E-state index < -0.39 is 8.56 Å². The van der Waals surface area contributed by atoms with Crippen molar-refractivity contribution >= 4 is 8.56 Å². The van der Waals surface area contributed by atoms with E-state index in [0.29, 0.717) is 0 Å². The Morgan fingerprint density at radius 3 is 2.07 bits per heavy atom. The van der Waals surface area contributed by atoms with Gasteiger partial charge in [-0.15, -0.1) is 0 Å². The lowest BCUT2D eigenvalue weighted by atomic mass is 10.3. The van der Waals surface area contributed by atoms with Crippen molar-refractivity contribution in [3.05, 3.63) is 30.3 Å². The van der Waals surface area contributed by atoms with E-state index in [2.05, 4.69) is 13.8 Å². The van der Waals surface area contributed by atoms with Gasteiger partial charge in [0.1, 0.15) is 5.75 Å². The van der Waals surface area contributed by atoms with Gasteiger partial charge in [-0.1, -0.05) is 32.0 Å². The first-order valence-corrected chi connectivity index (χ1v) is 7.28. The van der Waals surface area contributed by atoms with Gasteiger partial charge in [-0.05, 0) is 24.2 Å². The third-order valence-electron chi connectivity index (χ3n) is 2.50. The zero-order valence-electron chi connectivity index (χ0n) is 9.12. The third kappa shape index (κ3) is 2.59. The van der Waals surface area contributed by atoms with Crippen molar-refractivity contribution in [1.29, 1.82) is 0 Å². The molecule has 1 rings (SSSR count). The minimum Gasteiger partial charge on any atom is -0.520 e. The van der Waals surface area contributed by atoms with Gasteiger partial charge in [0, 0.05) is 7.11 Å². The van der Waals surface area contributed by atoms with Gasteiger partial charge < -0.3 is 8.85 Å². The highest BCUT2D eigenvalue weighted by atomic mass is 28.4. The topological polar surface area (TPSA) is 18.5 Å². The molecular weight excluding hydrogens is 192 g/mol. The fourth-order valence-electron chi connectivity index (χ4n) is 1.43. The number of benzene rings is 1. The van der Waals surface area contributed by atoms with Crippen LogP contribution in [0.1, 0.15) is 13.8 Å². The van der Waals surface area contributed by atoms with E-state index in [4.69, 9.17) is 8.85 Å². The molecule has 0 aliphatic heterocycles. The monoisotopic (exact) mass is 210 g/mol. The SMILES string of the molecule is CC[Si](CC)(OC)Oc1ccccc1. The van der Waals surface area contributed by atoms with E-state index in [-0.39, 0.29) is 0 Å². The van der Waals surface area contributed by atoms with Crippen LogP contribution in [0, 0.1) is 0 Å². The highest BCUT2D eigenvalue weighted by Crippen LogP contribution is 2.21. The van der Waals surface area contributed by atoms with Crippen molar-refractivity contribution in [2.24, 2.45) is 0 Å². The van der Waals surface area contributed by atoms with E-state index >= 15 is 0 Å². The van der Waals surface area contributed by atoms with Crippen LogP contribution in [0.2, 0.25) is 12.1 Å². The second-order valence-corrected chi connectivity index (χ2v) is 7.08. The summed E-state index contributed by atoms with van der Waals surface area (Å²) in [6.45, 7) is 4.25. The van der Waals surface area contributed by atoms with Crippen molar-refractivity contribution in [2.75, 3.05) is 7.11 Å². The molecule has 0 radical (unpaired) electrons. The number of para-hydroxylation sites is 1. The van der Waals surface area contributed by atoms with E-state index in [0.717, 1.165) is 17.8 Å². The van der Waals surface area contributed by atoms with Crippen LogP contribution in [0.3, 0.4) is 0 Å². The number of hydrogen-bond donors (Lipinski definition) is 0. The van der Waals surface area contributed by atoms with Gasteiger partial charge in [0.15, 0.2) is 0 Å². The van der Waals surface area contributed by atoms with E-state index in [1.807, 2.05) is 30.3 Å². The second kappa shape index (κ2) is 5.17. The largest absolute Gasteiger partial charge is 0.520 e. The maximum absolute atomic E-state index is 5.97. The van der Waals surface area contributed by atoms with Crippen molar-refractivity contribution in [3.8, 4) is 5.75 Å². The molecule has 78 valence electrons. The predicted octanol–water partition coefficient (Wildman–Crippen LogP) is 3.19. The predicted molar refractivity (Wildman–Crippen MR) is 60.8 cm³/mol. The molecule has 0 aliphatic rings. The first-order valence-electron chi connectivity index (χ1n) is 5.05. The summed E-state index contributed by atoms with van der Waals surface area (Å²) in [6.07, 6.45) is 0. The molecule has 0 unspecified atom stereocenters. The van der Waals surface area contributed by atoms with Crippen molar-refractivity contribution in [3.63, 3.8) is 0 Å². The quantitative estimate of drug-likeness (QED) is 0.695. The molecule has 0 aromatic heterocycles. The molecule has 14 heavy (non-hydrogen) atoms. The zero-order chi connectivity index (χ0) is 10.4. The van der Waals surface area contributed by atoms with E-state index in [9.17, 15) is 0 Å². The van der Waals surface area contributed by atoms with Crippen LogP contribution in [0.5, 0.6) is 5.75 Å². The Labute approximate surface area is 87.1 Å². The molecule has 0 atom stereocenters.